The fraction of sp³-hybridized carbons (Fsp3) is 0.625. The van der Waals surface area contributed by atoms with Gasteiger partial charge in [-0.15, -0.1) is 0 Å². The maximum Gasteiger partial charge on any atom is 0.126 e. The van der Waals surface area contributed by atoms with Crippen LogP contribution in [-0.4, -0.2) is 18.1 Å². The minimum absolute atomic E-state index is 0.104. The highest BCUT2D eigenvalue weighted by Crippen LogP contribution is 2.31. The lowest BCUT2D eigenvalue weighted by Gasteiger charge is -2.27. The first-order valence-electron chi connectivity index (χ1n) is 7.28. The van der Waals surface area contributed by atoms with Crippen LogP contribution in [0.2, 0.25) is 0 Å². The molecule has 106 valence electrons. The van der Waals surface area contributed by atoms with Gasteiger partial charge < -0.3 is 5.32 Å². The van der Waals surface area contributed by atoms with Gasteiger partial charge in [0.25, 0.3) is 0 Å². The second-order valence-electron chi connectivity index (χ2n) is 5.41. The number of benzene rings is 1. The highest BCUT2D eigenvalue weighted by atomic mass is 32.2. The Balaban J connectivity index is 2.07. The molecule has 0 spiro atoms. The van der Waals surface area contributed by atoms with Crippen molar-refractivity contribution in [1.29, 1.82) is 0 Å². The molecule has 0 radical (unpaired) electrons. The molecule has 0 aromatic heterocycles. The maximum absolute atomic E-state index is 13.4. The van der Waals surface area contributed by atoms with E-state index >= 15 is 0 Å². The lowest BCUT2D eigenvalue weighted by atomic mass is 9.90. The molecule has 1 N–H and O–H groups in total. The van der Waals surface area contributed by atoms with Gasteiger partial charge in [-0.1, -0.05) is 19.1 Å². The zero-order valence-corrected chi connectivity index (χ0v) is 12.7. The van der Waals surface area contributed by atoms with Crippen molar-refractivity contribution in [2.24, 2.45) is 5.92 Å². The molecule has 1 aliphatic heterocycles. The van der Waals surface area contributed by atoms with Gasteiger partial charge in [0, 0.05) is 6.04 Å². The molecular formula is C16H24FNS. The maximum atomic E-state index is 13.4. The largest absolute Gasteiger partial charge is 0.310 e. The van der Waals surface area contributed by atoms with Gasteiger partial charge in [0.05, 0.1) is 0 Å². The highest BCUT2D eigenvalue weighted by molar-refractivity contribution is 7.99. The van der Waals surface area contributed by atoms with Gasteiger partial charge >= 0.3 is 0 Å². The molecule has 1 aromatic rings. The lowest BCUT2D eigenvalue weighted by Crippen LogP contribution is -2.25. The van der Waals surface area contributed by atoms with Crippen molar-refractivity contribution in [3.8, 4) is 0 Å². The minimum Gasteiger partial charge on any atom is -0.310 e. The van der Waals surface area contributed by atoms with E-state index in [1.807, 2.05) is 19.1 Å². The standard InChI is InChI=1S/C16H24FNS/c1-3-18-16(11-13-6-8-19-9-7-13)14-4-5-15(17)12(2)10-14/h4-5,10,13,16,18H,3,6-9,11H2,1-2H3. The van der Waals surface area contributed by atoms with Crippen LogP contribution in [-0.2, 0) is 0 Å². The molecule has 1 nitrogen and oxygen atoms in total. The molecule has 19 heavy (non-hydrogen) atoms. The normalized spacial score (nSPS) is 18.5. The van der Waals surface area contributed by atoms with Gasteiger partial charge in [-0.05, 0) is 67.3 Å². The fourth-order valence-electron chi connectivity index (χ4n) is 2.78. The van der Waals surface area contributed by atoms with Crippen molar-refractivity contribution < 1.29 is 4.39 Å². The van der Waals surface area contributed by atoms with E-state index < -0.39 is 0 Å². The molecule has 1 aliphatic rings. The van der Waals surface area contributed by atoms with Crippen molar-refractivity contribution in [1.82, 2.24) is 5.32 Å². The van der Waals surface area contributed by atoms with E-state index in [4.69, 9.17) is 0 Å². The Morgan fingerprint density at radius 1 is 1.37 bits per heavy atom. The predicted molar refractivity (Wildman–Crippen MR) is 82.2 cm³/mol. The first-order valence-corrected chi connectivity index (χ1v) is 8.43. The van der Waals surface area contributed by atoms with E-state index in [0.29, 0.717) is 6.04 Å². The average Bonchev–Trinajstić information content (AvgIpc) is 2.43. The Morgan fingerprint density at radius 3 is 2.74 bits per heavy atom. The first kappa shape index (κ1) is 14.9. The van der Waals surface area contributed by atoms with Gasteiger partial charge in [0.15, 0.2) is 0 Å². The Hall–Kier alpha value is -0.540. The molecule has 1 aromatic carbocycles. The lowest BCUT2D eigenvalue weighted by molar-refractivity contribution is 0.374. The number of aryl methyl sites for hydroxylation is 1. The minimum atomic E-state index is -0.104. The molecule has 0 aliphatic carbocycles. The quantitative estimate of drug-likeness (QED) is 0.862. The monoisotopic (exact) mass is 281 g/mol. The molecule has 1 unspecified atom stereocenters. The molecule has 0 amide bonds. The number of hydrogen-bond acceptors (Lipinski definition) is 2. The van der Waals surface area contributed by atoms with E-state index in [1.54, 1.807) is 6.07 Å². The molecule has 2 rings (SSSR count). The zero-order valence-electron chi connectivity index (χ0n) is 11.9. The van der Waals surface area contributed by atoms with Crippen LogP contribution in [0.3, 0.4) is 0 Å². The topological polar surface area (TPSA) is 12.0 Å². The van der Waals surface area contributed by atoms with Gasteiger partial charge in [-0.2, -0.15) is 11.8 Å². The SMILES string of the molecule is CCNC(CC1CCSCC1)c1ccc(F)c(C)c1. The number of halogens is 1. The van der Waals surface area contributed by atoms with Crippen molar-refractivity contribution in [3.05, 3.63) is 35.1 Å². The summed E-state index contributed by atoms with van der Waals surface area (Å²) in [5, 5.41) is 3.56. The van der Waals surface area contributed by atoms with Crippen LogP contribution < -0.4 is 5.32 Å². The molecule has 0 saturated carbocycles. The Bertz CT molecular complexity index is 402. The third-order valence-corrected chi connectivity index (χ3v) is 4.99. The van der Waals surface area contributed by atoms with Gasteiger partial charge in [-0.25, -0.2) is 4.39 Å². The third kappa shape index (κ3) is 4.22. The summed E-state index contributed by atoms with van der Waals surface area (Å²) in [5.74, 6) is 3.31. The van der Waals surface area contributed by atoms with Crippen LogP contribution in [0.15, 0.2) is 18.2 Å². The van der Waals surface area contributed by atoms with E-state index in [2.05, 4.69) is 24.0 Å². The van der Waals surface area contributed by atoms with Crippen molar-refractivity contribution in [2.75, 3.05) is 18.1 Å². The van der Waals surface area contributed by atoms with Crippen LogP contribution in [0.25, 0.3) is 0 Å². The molecule has 1 fully saturated rings. The van der Waals surface area contributed by atoms with Gasteiger partial charge in [0.1, 0.15) is 5.82 Å². The number of nitrogens with one attached hydrogen (secondary N) is 1. The average molecular weight is 281 g/mol. The van der Waals surface area contributed by atoms with Crippen molar-refractivity contribution in [2.45, 2.75) is 39.2 Å². The van der Waals surface area contributed by atoms with Crippen LogP contribution in [0.4, 0.5) is 4.39 Å². The van der Waals surface area contributed by atoms with Crippen LogP contribution in [0.5, 0.6) is 0 Å². The number of thioether (sulfide) groups is 1. The summed E-state index contributed by atoms with van der Waals surface area (Å²) in [6.45, 7) is 4.95. The first-order chi connectivity index (χ1) is 9.20. The summed E-state index contributed by atoms with van der Waals surface area (Å²) in [6, 6.07) is 5.91. The zero-order chi connectivity index (χ0) is 13.7. The third-order valence-electron chi connectivity index (χ3n) is 3.94. The summed E-state index contributed by atoms with van der Waals surface area (Å²) in [4.78, 5) is 0. The highest BCUT2D eigenvalue weighted by Gasteiger charge is 2.20. The van der Waals surface area contributed by atoms with E-state index in [9.17, 15) is 4.39 Å². The van der Waals surface area contributed by atoms with E-state index in [0.717, 1.165) is 18.0 Å². The summed E-state index contributed by atoms with van der Waals surface area (Å²) >= 11 is 2.07. The molecule has 1 saturated heterocycles. The van der Waals surface area contributed by atoms with Crippen LogP contribution >= 0.6 is 11.8 Å². The van der Waals surface area contributed by atoms with E-state index in [1.165, 1.54) is 36.3 Å². The molecule has 1 heterocycles. The van der Waals surface area contributed by atoms with E-state index in [-0.39, 0.29) is 5.82 Å². The van der Waals surface area contributed by atoms with Crippen LogP contribution in [0, 0.1) is 18.7 Å². The molecular weight excluding hydrogens is 257 g/mol. The number of hydrogen-bond donors (Lipinski definition) is 1. The van der Waals surface area contributed by atoms with Crippen molar-refractivity contribution >= 4 is 11.8 Å². The van der Waals surface area contributed by atoms with Gasteiger partial charge in [0.2, 0.25) is 0 Å². The van der Waals surface area contributed by atoms with Crippen molar-refractivity contribution in [3.63, 3.8) is 0 Å². The Labute approximate surface area is 120 Å². The Kier molecular flexibility index (Phi) is 5.71. The molecule has 1 atom stereocenters. The summed E-state index contributed by atoms with van der Waals surface area (Å²) in [5.41, 5.74) is 1.98. The number of rotatable bonds is 5. The smallest absolute Gasteiger partial charge is 0.126 e. The Morgan fingerprint density at radius 2 is 2.11 bits per heavy atom. The van der Waals surface area contributed by atoms with Crippen LogP contribution in [0.1, 0.15) is 43.4 Å². The second-order valence-corrected chi connectivity index (χ2v) is 6.64. The fourth-order valence-corrected chi connectivity index (χ4v) is 3.99. The summed E-state index contributed by atoms with van der Waals surface area (Å²) in [7, 11) is 0. The second kappa shape index (κ2) is 7.30. The summed E-state index contributed by atoms with van der Waals surface area (Å²) in [6.07, 6.45) is 3.83. The van der Waals surface area contributed by atoms with Gasteiger partial charge in [-0.3, -0.25) is 0 Å². The molecule has 3 heteroatoms. The molecule has 0 bridgehead atoms. The summed E-state index contributed by atoms with van der Waals surface area (Å²) < 4.78 is 13.4. The predicted octanol–water partition coefficient (Wildman–Crippen LogP) is 4.32.